The van der Waals surface area contributed by atoms with Crippen LogP contribution in [0, 0.1) is 0 Å². The van der Waals surface area contributed by atoms with Crippen molar-refractivity contribution in [2.75, 3.05) is 40.0 Å². The van der Waals surface area contributed by atoms with E-state index in [1.165, 1.54) is 0 Å². The third kappa shape index (κ3) is 4.92. The molecule has 1 fully saturated rings. The highest BCUT2D eigenvalue weighted by molar-refractivity contribution is 5.94. The Bertz CT molecular complexity index is 754. The summed E-state index contributed by atoms with van der Waals surface area (Å²) in [6.45, 7) is 5.18. The Morgan fingerprint density at radius 3 is 2.41 bits per heavy atom. The molecule has 144 valence electrons. The summed E-state index contributed by atoms with van der Waals surface area (Å²) in [5, 5.41) is 0. The largest absolute Gasteiger partial charge is 0.497 e. The molecule has 27 heavy (non-hydrogen) atoms. The Kier molecular flexibility index (Phi) is 6.54. The first kappa shape index (κ1) is 19.0. The van der Waals surface area contributed by atoms with Crippen LogP contribution in [0.25, 0.3) is 0 Å². The molecule has 1 aliphatic heterocycles. The van der Waals surface area contributed by atoms with E-state index in [4.69, 9.17) is 18.9 Å². The van der Waals surface area contributed by atoms with Gasteiger partial charge < -0.3 is 23.8 Å². The van der Waals surface area contributed by atoms with Crippen molar-refractivity contribution in [2.45, 2.75) is 13.5 Å². The lowest BCUT2D eigenvalue weighted by Crippen LogP contribution is -2.40. The van der Waals surface area contributed by atoms with Crippen LogP contribution in [0.1, 0.15) is 22.8 Å². The highest BCUT2D eigenvalue weighted by Crippen LogP contribution is 2.24. The Morgan fingerprint density at radius 1 is 1.04 bits per heavy atom. The molecule has 0 saturated carbocycles. The molecular weight excluding hydrogens is 346 g/mol. The first-order valence-electron chi connectivity index (χ1n) is 9.11. The number of hydrogen-bond acceptors (Lipinski definition) is 5. The lowest BCUT2D eigenvalue weighted by atomic mass is 10.1. The minimum absolute atomic E-state index is 0.00652. The van der Waals surface area contributed by atoms with Crippen LogP contribution >= 0.6 is 0 Å². The number of ether oxygens (including phenoxy) is 4. The Balaban J connectivity index is 1.75. The second-order valence-corrected chi connectivity index (χ2v) is 6.12. The van der Waals surface area contributed by atoms with Gasteiger partial charge in [-0.05, 0) is 49.4 Å². The Labute approximate surface area is 159 Å². The standard InChI is InChI=1S/C21H25NO5/c1-3-26-20-9-4-16(21(23)22-10-12-25-13-11-22)14-17(20)15-27-19-7-5-18(24-2)6-8-19/h4-9,14H,3,10-13,15H2,1-2H3. The van der Waals surface area contributed by atoms with Crippen LogP contribution in [0.5, 0.6) is 17.2 Å². The van der Waals surface area contributed by atoms with E-state index in [2.05, 4.69) is 0 Å². The number of methoxy groups -OCH3 is 1. The lowest BCUT2D eigenvalue weighted by molar-refractivity contribution is 0.0302. The molecular formula is C21H25NO5. The number of rotatable bonds is 7. The van der Waals surface area contributed by atoms with Gasteiger partial charge in [-0.1, -0.05) is 0 Å². The first-order chi connectivity index (χ1) is 13.2. The summed E-state index contributed by atoms with van der Waals surface area (Å²) >= 11 is 0. The molecule has 0 bridgehead atoms. The van der Waals surface area contributed by atoms with Crippen LogP contribution in [0.3, 0.4) is 0 Å². The van der Waals surface area contributed by atoms with Gasteiger partial charge in [0.25, 0.3) is 5.91 Å². The fourth-order valence-electron chi connectivity index (χ4n) is 2.90. The molecule has 1 heterocycles. The van der Waals surface area contributed by atoms with Gasteiger partial charge in [-0.25, -0.2) is 0 Å². The van der Waals surface area contributed by atoms with E-state index in [1.807, 2.05) is 48.2 Å². The van der Waals surface area contributed by atoms with E-state index in [0.717, 1.165) is 22.8 Å². The number of carbonyl (C=O) groups excluding carboxylic acids is 1. The minimum atomic E-state index is 0.00652. The van der Waals surface area contributed by atoms with Gasteiger partial charge in [0.15, 0.2) is 0 Å². The zero-order chi connectivity index (χ0) is 19.1. The van der Waals surface area contributed by atoms with E-state index in [1.54, 1.807) is 13.2 Å². The van der Waals surface area contributed by atoms with E-state index >= 15 is 0 Å². The SMILES string of the molecule is CCOc1ccc(C(=O)N2CCOCC2)cc1COc1ccc(OC)cc1. The highest BCUT2D eigenvalue weighted by Gasteiger charge is 2.20. The summed E-state index contributed by atoms with van der Waals surface area (Å²) < 4.78 is 22.1. The third-order valence-electron chi connectivity index (χ3n) is 4.36. The fraction of sp³-hybridized carbons (Fsp3) is 0.381. The van der Waals surface area contributed by atoms with Crippen LogP contribution in [0.2, 0.25) is 0 Å². The van der Waals surface area contributed by atoms with Crippen molar-refractivity contribution in [3.05, 3.63) is 53.6 Å². The summed E-state index contributed by atoms with van der Waals surface area (Å²) in [5.41, 5.74) is 1.47. The Morgan fingerprint density at radius 2 is 1.74 bits per heavy atom. The van der Waals surface area contributed by atoms with Crippen LogP contribution in [0.15, 0.2) is 42.5 Å². The van der Waals surface area contributed by atoms with Crippen molar-refractivity contribution in [3.8, 4) is 17.2 Å². The summed E-state index contributed by atoms with van der Waals surface area (Å²) in [4.78, 5) is 14.6. The smallest absolute Gasteiger partial charge is 0.254 e. The molecule has 3 rings (SSSR count). The molecule has 0 aromatic heterocycles. The quantitative estimate of drug-likeness (QED) is 0.748. The normalized spacial score (nSPS) is 13.9. The van der Waals surface area contributed by atoms with Crippen LogP contribution in [-0.2, 0) is 11.3 Å². The molecule has 2 aromatic carbocycles. The maximum Gasteiger partial charge on any atom is 0.254 e. The molecule has 0 atom stereocenters. The van der Waals surface area contributed by atoms with Crippen molar-refractivity contribution < 1.29 is 23.7 Å². The molecule has 6 heteroatoms. The molecule has 0 radical (unpaired) electrons. The van der Waals surface area contributed by atoms with Gasteiger partial charge in [-0.3, -0.25) is 4.79 Å². The van der Waals surface area contributed by atoms with Crippen molar-refractivity contribution >= 4 is 5.91 Å². The average molecular weight is 371 g/mol. The van der Waals surface area contributed by atoms with Crippen LogP contribution in [0.4, 0.5) is 0 Å². The predicted octanol–water partition coefficient (Wildman–Crippen LogP) is 3.15. The van der Waals surface area contributed by atoms with Gasteiger partial charge in [0, 0.05) is 24.2 Å². The van der Waals surface area contributed by atoms with Crippen molar-refractivity contribution in [3.63, 3.8) is 0 Å². The first-order valence-corrected chi connectivity index (χ1v) is 9.11. The molecule has 0 unspecified atom stereocenters. The minimum Gasteiger partial charge on any atom is -0.497 e. The van der Waals surface area contributed by atoms with E-state index in [0.29, 0.717) is 45.1 Å². The maximum absolute atomic E-state index is 12.7. The molecule has 6 nitrogen and oxygen atoms in total. The van der Waals surface area contributed by atoms with Crippen LogP contribution < -0.4 is 14.2 Å². The summed E-state index contributed by atoms with van der Waals surface area (Å²) in [7, 11) is 1.63. The van der Waals surface area contributed by atoms with Gasteiger partial charge >= 0.3 is 0 Å². The average Bonchev–Trinajstić information content (AvgIpc) is 2.73. The lowest BCUT2D eigenvalue weighted by Gasteiger charge is -2.27. The number of amides is 1. The number of morpholine rings is 1. The molecule has 0 aliphatic carbocycles. The van der Waals surface area contributed by atoms with E-state index in [-0.39, 0.29) is 5.91 Å². The van der Waals surface area contributed by atoms with Gasteiger partial charge in [-0.2, -0.15) is 0 Å². The maximum atomic E-state index is 12.7. The van der Waals surface area contributed by atoms with Crippen molar-refractivity contribution in [1.29, 1.82) is 0 Å². The highest BCUT2D eigenvalue weighted by atomic mass is 16.5. The van der Waals surface area contributed by atoms with Gasteiger partial charge in [0.05, 0.1) is 26.9 Å². The molecule has 0 spiro atoms. The number of hydrogen-bond donors (Lipinski definition) is 0. The van der Waals surface area contributed by atoms with E-state index in [9.17, 15) is 4.79 Å². The Hall–Kier alpha value is -2.73. The molecule has 0 N–H and O–H groups in total. The third-order valence-corrected chi connectivity index (χ3v) is 4.36. The molecule has 1 amide bonds. The van der Waals surface area contributed by atoms with Crippen molar-refractivity contribution in [1.82, 2.24) is 4.90 Å². The molecule has 2 aromatic rings. The predicted molar refractivity (Wildman–Crippen MR) is 102 cm³/mol. The second-order valence-electron chi connectivity index (χ2n) is 6.12. The van der Waals surface area contributed by atoms with Gasteiger partial charge in [-0.15, -0.1) is 0 Å². The summed E-state index contributed by atoms with van der Waals surface area (Å²) in [6.07, 6.45) is 0. The zero-order valence-electron chi connectivity index (χ0n) is 15.8. The summed E-state index contributed by atoms with van der Waals surface area (Å²) in [6, 6.07) is 12.9. The van der Waals surface area contributed by atoms with Crippen LogP contribution in [-0.4, -0.2) is 50.8 Å². The monoisotopic (exact) mass is 371 g/mol. The van der Waals surface area contributed by atoms with Crippen molar-refractivity contribution in [2.24, 2.45) is 0 Å². The van der Waals surface area contributed by atoms with Gasteiger partial charge in [0.2, 0.25) is 0 Å². The topological polar surface area (TPSA) is 57.2 Å². The van der Waals surface area contributed by atoms with Gasteiger partial charge in [0.1, 0.15) is 23.9 Å². The van der Waals surface area contributed by atoms with E-state index < -0.39 is 0 Å². The zero-order valence-corrected chi connectivity index (χ0v) is 15.8. The second kappa shape index (κ2) is 9.28. The fourth-order valence-corrected chi connectivity index (χ4v) is 2.90. The number of benzene rings is 2. The molecule has 1 saturated heterocycles. The summed E-state index contributed by atoms with van der Waals surface area (Å²) in [5.74, 6) is 2.23. The molecule has 1 aliphatic rings. The number of nitrogens with zero attached hydrogens (tertiary/aromatic N) is 1. The number of carbonyl (C=O) groups is 1.